The molecule has 2 heterocycles. The van der Waals surface area contributed by atoms with Gasteiger partial charge in [-0.05, 0) is 68.3 Å². The number of carbonyl (C=O) groups excluding carboxylic acids is 2. The summed E-state index contributed by atoms with van der Waals surface area (Å²) in [7, 11) is 0. The minimum absolute atomic E-state index is 0.111. The Morgan fingerprint density at radius 3 is 2.30 bits per heavy atom. The van der Waals surface area contributed by atoms with Crippen LogP contribution in [0.1, 0.15) is 32.7 Å². The number of fused-ring (bicyclic) bond motifs is 1. The highest BCUT2D eigenvalue weighted by molar-refractivity contribution is 6.10. The lowest BCUT2D eigenvalue weighted by Crippen LogP contribution is -2.25. The number of nitrogens with zero attached hydrogens (tertiary/aromatic N) is 2. The van der Waals surface area contributed by atoms with Crippen LogP contribution in [-0.4, -0.2) is 21.2 Å². The van der Waals surface area contributed by atoms with Crippen molar-refractivity contribution < 1.29 is 14.0 Å². The molecule has 6 nitrogen and oxygen atoms in total. The molecular weight excluding hydrogens is 421 g/mol. The molecule has 0 atom stereocenters. The number of halogens is 1. The van der Waals surface area contributed by atoms with E-state index < -0.39 is 17.0 Å². The monoisotopic (exact) mass is 443 g/mol. The van der Waals surface area contributed by atoms with Crippen LogP contribution in [0.15, 0.2) is 65.6 Å². The summed E-state index contributed by atoms with van der Waals surface area (Å²) in [6.07, 6.45) is 1.35. The fourth-order valence-corrected chi connectivity index (χ4v) is 3.74. The molecule has 1 amide bonds. The normalized spacial score (nSPS) is 10.9. The van der Waals surface area contributed by atoms with E-state index in [2.05, 4.69) is 10.3 Å². The second kappa shape index (κ2) is 8.78. The molecule has 0 aliphatic carbocycles. The molecule has 7 heteroatoms. The number of para-hydroxylation sites is 1. The van der Waals surface area contributed by atoms with Crippen LogP contribution in [0.4, 0.5) is 10.1 Å². The highest BCUT2D eigenvalue weighted by atomic mass is 19.1. The van der Waals surface area contributed by atoms with E-state index in [4.69, 9.17) is 0 Å². The maximum Gasteiger partial charge on any atom is 0.244 e. The summed E-state index contributed by atoms with van der Waals surface area (Å²) in [6, 6.07) is 14.0. The van der Waals surface area contributed by atoms with Crippen LogP contribution >= 0.6 is 0 Å². The van der Waals surface area contributed by atoms with Crippen LogP contribution in [0.2, 0.25) is 0 Å². The van der Waals surface area contributed by atoms with Crippen molar-refractivity contribution in [1.82, 2.24) is 9.55 Å². The van der Waals surface area contributed by atoms with E-state index in [1.165, 1.54) is 22.9 Å². The minimum atomic E-state index is -0.550. The van der Waals surface area contributed by atoms with Crippen molar-refractivity contribution >= 4 is 28.4 Å². The smallest absolute Gasteiger partial charge is 0.244 e. The van der Waals surface area contributed by atoms with Gasteiger partial charge in [0.15, 0.2) is 5.78 Å². The van der Waals surface area contributed by atoms with Gasteiger partial charge in [0.05, 0.1) is 10.9 Å². The number of hydrogen-bond acceptors (Lipinski definition) is 4. The third-order valence-electron chi connectivity index (χ3n) is 5.47. The second-order valence-electron chi connectivity index (χ2n) is 7.97. The van der Waals surface area contributed by atoms with E-state index >= 15 is 0 Å². The van der Waals surface area contributed by atoms with Crippen molar-refractivity contribution in [3.8, 4) is 0 Å². The number of aryl methyl sites for hydroxylation is 3. The fraction of sp³-hybridized carbons (Fsp3) is 0.154. The van der Waals surface area contributed by atoms with Gasteiger partial charge in [0.2, 0.25) is 11.3 Å². The maximum absolute atomic E-state index is 13.3. The number of carbonyl (C=O) groups is 2. The molecule has 0 aliphatic heterocycles. The zero-order valence-electron chi connectivity index (χ0n) is 18.5. The SMILES string of the molecule is Cc1ccc2c(=O)c(C(=O)c3ccc(F)cc3)cn(CC(=O)Nc3c(C)cccc3C)c2n1. The third kappa shape index (κ3) is 4.43. The van der Waals surface area contributed by atoms with Crippen LogP contribution in [-0.2, 0) is 11.3 Å². The van der Waals surface area contributed by atoms with Crippen LogP contribution in [0.3, 0.4) is 0 Å². The summed E-state index contributed by atoms with van der Waals surface area (Å²) in [6.45, 7) is 5.44. The summed E-state index contributed by atoms with van der Waals surface area (Å²) in [5.41, 5.74) is 3.14. The molecule has 0 spiro atoms. The first-order valence-electron chi connectivity index (χ1n) is 10.4. The van der Waals surface area contributed by atoms with E-state index in [-0.39, 0.29) is 29.0 Å². The Labute approximate surface area is 189 Å². The Bertz CT molecular complexity index is 1440. The first kappa shape index (κ1) is 22.1. The number of aromatic nitrogens is 2. The van der Waals surface area contributed by atoms with Crippen molar-refractivity contribution in [2.24, 2.45) is 0 Å². The molecule has 0 bridgehead atoms. The van der Waals surface area contributed by atoms with Crippen LogP contribution in [0.25, 0.3) is 11.0 Å². The Kier molecular flexibility index (Phi) is 5.87. The molecule has 166 valence electrons. The first-order valence-corrected chi connectivity index (χ1v) is 10.4. The molecule has 2 aromatic carbocycles. The number of amides is 1. The van der Waals surface area contributed by atoms with E-state index in [1.54, 1.807) is 19.1 Å². The summed E-state index contributed by atoms with van der Waals surface area (Å²) >= 11 is 0. The van der Waals surface area contributed by atoms with Gasteiger partial charge in [-0.2, -0.15) is 0 Å². The molecule has 4 rings (SSSR count). The maximum atomic E-state index is 13.3. The van der Waals surface area contributed by atoms with E-state index in [0.29, 0.717) is 11.3 Å². The highest BCUT2D eigenvalue weighted by Crippen LogP contribution is 2.20. The lowest BCUT2D eigenvalue weighted by atomic mass is 10.0. The Hall–Kier alpha value is -4.13. The first-order chi connectivity index (χ1) is 15.7. The molecule has 0 radical (unpaired) electrons. The van der Waals surface area contributed by atoms with Crippen LogP contribution in [0.5, 0.6) is 0 Å². The van der Waals surface area contributed by atoms with Gasteiger partial charge in [0.1, 0.15) is 18.0 Å². The molecule has 0 fully saturated rings. The Balaban J connectivity index is 1.78. The predicted octanol–water partition coefficient (Wildman–Crippen LogP) is 4.33. The van der Waals surface area contributed by atoms with Crippen molar-refractivity contribution in [3.63, 3.8) is 0 Å². The summed E-state index contributed by atoms with van der Waals surface area (Å²) < 4.78 is 14.8. The molecule has 33 heavy (non-hydrogen) atoms. The second-order valence-corrected chi connectivity index (χ2v) is 7.97. The van der Waals surface area contributed by atoms with Crippen molar-refractivity contribution in [2.45, 2.75) is 27.3 Å². The molecule has 0 aliphatic rings. The van der Waals surface area contributed by atoms with Crippen molar-refractivity contribution in [3.05, 3.63) is 105 Å². The van der Waals surface area contributed by atoms with Gasteiger partial charge in [-0.3, -0.25) is 14.4 Å². The number of rotatable bonds is 5. The minimum Gasteiger partial charge on any atom is -0.324 e. The number of hydrogen-bond donors (Lipinski definition) is 1. The van der Waals surface area contributed by atoms with Crippen molar-refractivity contribution in [1.29, 1.82) is 0 Å². The van der Waals surface area contributed by atoms with Gasteiger partial charge in [-0.25, -0.2) is 9.37 Å². The molecule has 0 unspecified atom stereocenters. The quantitative estimate of drug-likeness (QED) is 0.466. The van der Waals surface area contributed by atoms with E-state index in [1.807, 2.05) is 32.0 Å². The van der Waals surface area contributed by atoms with Crippen LogP contribution < -0.4 is 10.7 Å². The van der Waals surface area contributed by atoms with E-state index in [9.17, 15) is 18.8 Å². The molecule has 1 N–H and O–H groups in total. The Morgan fingerprint density at radius 1 is 0.970 bits per heavy atom. The van der Waals surface area contributed by atoms with Crippen LogP contribution in [0, 0.1) is 26.6 Å². The van der Waals surface area contributed by atoms with Gasteiger partial charge in [0.25, 0.3) is 0 Å². The van der Waals surface area contributed by atoms with Gasteiger partial charge in [0, 0.05) is 23.1 Å². The average molecular weight is 443 g/mol. The fourth-order valence-electron chi connectivity index (χ4n) is 3.74. The van der Waals surface area contributed by atoms with Gasteiger partial charge < -0.3 is 9.88 Å². The molecular formula is C26H22FN3O3. The molecule has 2 aromatic heterocycles. The number of nitrogens with one attached hydrogen (secondary N) is 1. The number of anilines is 1. The highest BCUT2D eigenvalue weighted by Gasteiger charge is 2.19. The zero-order chi connectivity index (χ0) is 23.7. The van der Waals surface area contributed by atoms with E-state index in [0.717, 1.165) is 28.9 Å². The third-order valence-corrected chi connectivity index (χ3v) is 5.47. The largest absolute Gasteiger partial charge is 0.324 e. The summed E-state index contributed by atoms with van der Waals surface area (Å²) in [5, 5.41) is 3.15. The molecule has 0 saturated carbocycles. The number of ketones is 1. The zero-order valence-corrected chi connectivity index (χ0v) is 18.5. The summed E-state index contributed by atoms with van der Waals surface area (Å²) in [5.74, 6) is -1.35. The summed E-state index contributed by atoms with van der Waals surface area (Å²) in [4.78, 5) is 43.5. The van der Waals surface area contributed by atoms with Crippen molar-refractivity contribution in [2.75, 3.05) is 5.32 Å². The Morgan fingerprint density at radius 2 is 1.64 bits per heavy atom. The lowest BCUT2D eigenvalue weighted by Gasteiger charge is -2.15. The average Bonchev–Trinajstić information content (AvgIpc) is 2.78. The topological polar surface area (TPSA) is 81.1 Å². The van der Waals surface area contributed by atoms with Gasteiger partial charge >= 0.3 is 0 Å². The number of benzene rings is 2. The standard InChI is InChI=1S/C26H22FN3O3/c1-15-5-4-6-16(2)23(15)29-22(31)14-30-13-21(24(32)18-8-10-19(27)11-9-18)25(33)20-12-7-17(3)28-26(20)30/h4-13H,14H2,1-3H3,(H,29,31). The molecule has 0 saturated heterocycles. The lowest BCUT2D eigenvalue weighted by molar-refractivity contribution is -0.116. The molecule has 4 aromatic rings. The number of pyridine rings is 2. The van der Waals surface area contributed by atoms with Gasteiger partial charge in [-0.1, -0.05) is 18.2 Å². The predicted molar refractivity (Wildman–Crippen MR) is 125 cm³/mol. The van der Waals surface area contributed by atoms with Gasteiger partial charge in [-0.15, -0.1) is 0 Å².